The summed E-state index contributed by atoms with van der Waals surface area (Å²) in [6, 6.07) is 6.34. The van der Waals surface area contributed by atoms with Crippen LogP contribution >= 0.6 is 11.3 Å². The maximum atomic E-state index is 13.5. The van der Waals surface area contributed by atoms with Crippen LogP contribution in [0.2, 0.25) is 0 Å². The lowest BCUT2D eigenvalue weighted by atomic mass is 10.00. The highest BCUT2D eigenvalue weighted by atomic mass is 32.2. The second-order valence-electron chi connectivity index (χ2n) is 9.11. The van der Waals surface area contributed by atoms with Gasteiger partial charge in [0, 0.05) is 50.1 Å². The van der Waals surface area contributed by atoms with Crippen LogP contribution < -0.4 is 4.90 Å². The molecule has 0 atom stereocenters. The highest BCUT2D eigenvalue weighted by Gasteiger charge is 2.36. The first-order valence-corrected chi connectivity index (χ1v) is 13.6. The minimum atomic E-state index is -3.50. The highest BCUT2D eigenvalue weighted by molar-refractivity contribution is 7.89. The normalized spacial score (nSPS) is 22.6. The maximum absolute atomic E-state index is 13.5. The number of hydrogen-bond acceptors (Lipinski definition) is 5. The van der Waals surface area contributed by atoms with Gasteiger partial charge in [0.2, 0.25) is 15.9 Å². The zero-order valence-electron chi connectivity index (χ0n) is 17.5. The van der Waals surface area contributed by atoms with Crippen LogP contribution in [0, 0.1) is 0 Å². The minimum Gasteiger partial charge on any atom is -0.312 e. The summed E-state index contributed by atoms with van der Waals surface area (Å²) in [6.45, 7) is 3.92. The summed E-state index contributed by atoms with van der Waals surface area (Å²) in [4.78, 5) is 18.5. The first-order chi connectivity index (χ1) is 15.0. The summed E-state index contributed by atoms with van der Waals surface area (Å²) in [5, 5.41) is 2.18. The van der Waals surface area contributed by atoms with Crippen LogP contribution in [0.3, 0.4) is 0 Å². The first-order valence-electron chi connectivity index (χ1n) is 11.3. The van der Waals surface area contributed by atoms with Crippen molar-refractivity contribution in [1.82, 2.24) is 9.21 Å². The maximum Gasteiger partial charge on any atom is 0.243 e. The quantitative estimate of drug-likeness (QED) is 0.711. The molecule has 1 saturated heterocycles. The molecule has 5 heterocycles. The number of amides is 1. The van der Waals surface area contributed by atoms with Crippen LogP contribution in [-0.4, -0.2) is 55.8 Å². The van der Waals surface area contributed by atoms with Gasteiger partial charge in [-0.3, -0.25) is 9.69 Å². The fourth-order valence-electron chi connectivity index (χ4n) is 5.75. The highest BCUT2D eigenvalue weighted by Crippen LogP contribution is 2.39. The van der Waals surface area contributed by atoms with Gasteiger partial charge < -0.3 is 4.90 Å². The molecule has 0 saturated carbocycles. The molecule has 8 heteroatoms. The third-order valence-corrected chi connectivity index (χ3v) is 10.3. The van der Waals surface area contributed by atoms with E-state index in [2.05, 4.69) is 16.3 Å². The average molecular weight is 458 g/mol. The molecule has 0 radical (unpaired) electrons. The number of rotatable bonds is 3. The fourth-order valence-corrected chi connectivity index (χ4v) is 8.22. The Balaban J connectivity index is 1.18. The van der Waals surface area contributed by atoms with Crippen molar-refractivity contribution in [3.8, 4) is 0 Å². The van der Waals surface area contributed by atoms with Crippen molar-refractivity contribution < 1.29 is 13.2 Å². The van der Waals surface area contributed by atoms with E-state index in [4.69, 9.17) is 0 Å². The molecular formula is C23H27N3O3S2. The average Bonchev–Trinajstić information content (AvgIpc) is 3.43. The van der Waals surface area contributed by atoms with E-state index in [0.717, 1.165) is 55.6 Å². The molecule has 0 bridgehead atoms. The Morgan fingerprint density at radius 3 is 2.48 bits per heavy atom. The predicted octanol–water partition coefficient (Wildman–Crippen LogP) is 2.79. The number of nitrogens with zero attached hydrogens (tertiary/aromatic N) is 3. The van der Waals surface area contributed by atoms with Crippen molar-refractivity contribution in [3.63, 3.8) is 0 Å². The lowest BCUT2D eigenvalue weighted by Gasteiger charge is -2.39. The second-order valence-corrected chi connectivity index (χ2v) is 12.0. The van der Waals surface area contributed by atoms with Gasteiger partial charge in [0.15, 0.2) is 0 Å². The Kier molecular flexibility index (Phi) is 4.75. The molecule has 164 valence electrons. The Labute approximate surface area is 187 Å². The summed E-state index contributed by atoms with van der Waals surface area (Å²) >= 11 is 1.86. The van der Waals surface area contributed by atoms with E-state index in [9.17, 15) is 13.2 Å². The van der Waals surface area contributed by atoms with Crippen LogP contribution in [0.5, 0.6) is 0 Å². The van der Waals surface area contributed by atoms with Crippen molar-refractivity contribution in [2.45, 2.75) is 56.0 Å². The molecule has 6 nitrogen and oxygen atoms in total. The minimum absolute atomic E-state index is 0.163. The van der Waals surface area contributed by atoms with Crippen LogP contribution in [-0.2, 0) is 40.6 Å². The van der Waals surface area contributed by atoms with Gasteiger partial charge >= 0.3 is 0 Å². The van der Waals surface area contributed by atoms with Gasteiger partial charge in [-0.15, -0.1) is 11.3 Å². The van der Waals surface area contributed by atoms with Crippen molar-refractivity contribution in [2.75, 3.05) is 31.1 Å². The topological polar surface area (TPSA) is 60.9 Å². The van der Waals surface area contributed by atoms with Gasteiger partial charge in [0.05, 0.1) is 10.6 Å². The smallest absolute Gasteiger partial charge is 0.243 e. The van der Waals surface area contributed by atoms with Crippen LogP contribution in [0.15, 0.2) is 28.5 Å². The van der Waals surface area contributed by atoms with E-state index < -0.39 is 10.0 Å². The lowest BCUT2D eigenvalue weighted by molar-refractivity contribution is -0.118. The molecule has 0 N–H and O–H groups in total. The molecule has 1 aromatic carbocycles. The molecule has 1 fully saturated rings. The monoisotopic (exact) mass is 457 g/mol. The standard InChI is InChI=1S/C23H27N3O3S2/c27-22-2-1-16-13-20(14-17-3-11-26(22)23(16)17)31(28,29)25-9-4-19(5-10-25)24-8-6-21-18(15-24)7-12-30-21/h7,12-14,19H,1-6,8-11,15H2. The summed E-state index contributed by atoms with van der Waals surface area (Å²) in [5.41, 5.74) is 4.46. The molecular weight excluding hydrogens is 430 g/mol. The summed E-state index contributed by atoms with van der Waals surface area (Å²) < 4.78 is 28.6. The second kappa shape index (κ2) is 7.40. The summed E-state index contributed by atoms with van der Waals surface area (Å²) in [7, 11) is -3.50. The van der Waals surface area contributed by atoms with E-state index >= 15 is 0 Å². The third kappa shape index (κ3) is 3.26. The zero-order valence-corrected chi connectivity index (χ0v) is 19.2. The molecule has 4 aliphatic heterocycles. The number of carbonyl (C=O) groups is 1. The van der Waals surface area contributed by atoms with Crippen molar-refractivity contribution >= 4 is 33.0 Å². The number of aryl methyl sites for hydroxylation is 1. The number of sulfonamides is 1. The van der Waals surface area contributed by atoms with E-state index in [0.29, 0.717) is 43.4 Å². The Morgan fingerprint density at radius 2 is 1.68 bits per heavy atom. The van der Waals surface area contributed by atoms with Gasteiger partial charge in [-0.25, -0.2) is 8.42 Å². The zero-order chi connectivity index (χ0) is 21.2. The predicted molar refractivity (Wildman–Crippen MR) is 121 cm³/mol. The molecule has 0 aliphatic carbocycles. The largest absolute Gasteiger partial charge is 0.312 e. The van der Waals surface area contributed by atoms with Gasteiger partial charge in [0.25, 0.3) is 0 Å². The molecule has 2 aromatic rings. The first kappa shape index (κ1) is 19.9. The Hall–Kier alpha value is -1.74. The fraction of sp³-hybridized carbons (Fsp3) is 0.522. The van der Waals surface area contributed by atoms with Gasteiger partial charge in [-0.2, -0.15) is 4.31 Å². The van der Waals surface area contributed by atoms with Crippen LogP contribution in [0.25, 0.3) is 0 Å². The van der Waals surface area contributed by atoms with Gasteiger partial charge in [-0.05, 0) is 72.4 Å². The van der Waals surface area contributed by atoms with E-state index in [1.165, 1.54) is 10.4 Å². The molecule has 1 aromatic heterocycles. The molecule has 6 rings (SSSR count). The number of hydrogen-bond donors (Lipinski definition) is 0. The molecule has 4 aliphatic rings. The van der Waals surface area contributed by atoms with Gasteiger partial charge in [-0.1, -0.05) is 0 Å². The van der Waals surface area contributed by atoms with Crippen LogP contribution in [0.1, 0.15) is 40.8 Å². The van der Waals surface area contributed by atoms with E-state index in [1.807, 2.05) is 28.4 Å². The number of anilines is 1. The molecule has 1 amide bonds. The lowest BCUT2D eigenvalue weighted by Crippen LogP contribution is -2.47. The Morgan fingerprint density at radius 1 is 0.903 bits per heavy atom. The SMILES string of the molecule is O=C1CCc2cc(S(=O)(=O)N3CCC(N4CCc5sccc5C4)CC3)cc3c2N1CC3. The molecule has 0 spiro atoms. The number of carbonyl (C=O) groups excluding carboxylic acids is 1. The molecule has 0 unspecified atom stereocenters. The number of piperidine rings is 1. The Bertz CT molecular complexity index is 1150. The molecule has 31 heavy (non-hydrogen) atoms. The van der Waals surface area contributed by atoms with Crippen molar-refractivity contribution in [2.24, 2.45) is 0 Å². The summed E-state index contributed by atoms with van der Waals surface area (Å²) in [6.07, 6.45) is 4.76. The van der Waals surface area contributed by atoms with Crippen LogP contribution in [0.4, 0.5) is 5.69 Å². The number of benzene rings is 1. The summed E-state index contributed by atoms with van der Waals surface area (Å²) in [5.74, 6) is 0.163. The van der Waals surface area contributed by atoms with Crippen molar-refractivity contribution in [1.29, 1.82) is 0 Å². The van der Waals surface area contributed by atoms with E-state index in [-0.39, 0.29) is 5.91 Å². The van der Waals surface area contributed by atoms with Gasteiger partial charge in [0.1, 0.15) is 0 Å². The van der Waals surface area contributed by atoms with E-state index in [1.54, 1.807) is 4.31 Å². The van der Waals surface area contributed by atoms with Crippen molar-refractivity contribution in [3.05, 3.63) is 45.1 Å². The number of thiophene rings is 1. The number of fused-ring (bicyclic) bond motifs is 1. The third-order valence-electron chi connectivity index (χ3n) is 7.44.